The second-order valence-electron chi connectivity index (χ2n) is 4.64. The summed E-state index contributed by atoms with van der Waals surface area (Å²) in [4.78, 5) is 18.7. The molecule has 0 saturated carbocycles. The van der Waals surface area contributed by atoms with Crippen LogP contribution in [0.3, 0.4) is 0 Å². The summed E-state index contributed by atoms with van der Waals surface area (Å²) in [5.74, 6) is 0.122. The quantitative estimate of drug-likeness (QED) is 0.879. The molecule has 0 radical (unpaired) electrons. The van der Waals surface area contributed by atoms with Gasteiger partial charge in [0, 0.05) is 44.3 Å². The summed E-state index contributed by atoms with van der Waals surface area (Å²) in [6, 6.07) is 5.84. The minimum atomic E-state index is -0.321. The molecule has 0 atom stereocenters. The molecule has 1 fully saturated rings. The van der Waals surface area contributed by atoms with Crippen molar-refractivity contribution in [1.82, 2.24) is 14.9 Å². The topological polar surface area (TPSA) is 50.2 Å². The SMILES string of the molecule is O=c1c(N2CCNCC2)nccn1-c1ccc(F)cc1. The summed E-state index contributed by atoms with van der Waals surface area (Å²) < 4.78 is 14.4. The first kappa shape index (κ1) is 12.8. The van der Waals surface area contributed by atoms with Gasteiger partial charge in [0.25, 0.3) is 5.56 Å². The van der Waals surface area contributed by atoms with E-state index >= 15 is 0 Å². The number of benzene rings is 1. The van der Waals surface area contributed by atoms with E-state index in [2.05, 4.69) is 10.3 Å². The van der Waals surface area contributed by atoms with E-state index in [1.165, 1.54) is 16.7 Å². The Balaban J connectivity index is 2.00. The smallest absolute Gasteiger partial charge is 0.298 e. The Morgan fingerprint density at radius 3 is 2.55 bits per heavy atom. The van der Waals surface area contributed by atoms with Crippen LogP contribution in [0.25, 0.3) is 5.69 Å². The lowest BCUT2D eigenvalue weighted by molar-refractivity contribution is 0.581. The van der Waals surface area contributed by atoms with Crippen molar-refractivity contribution in [2.75, 3.05) is 31.1 Å². The van der Waals surface area contributed by atoms with Crippen molar-refractivity contribution in [2.45, 2.75) is 0 Å². The van der Waals surface area contributed by atoms with Crippen LogP contribution in [0.4, 0.5) is 10.2 Å². The Hall–Kier alpha value is -2.21. The number of piperazine rings is 1. The van der Waals surface area contributed by atoms with Crippen LogP contribution in [-0.2, 0) is 0 Å². The number of aromatic nitrogens is 2. The Kier molecular flexibility index (Phi) is 3.47. The molecule has 104 valence electrons. The molecule has 0 amide bonds. The van der Waals surface area contributed by atoms with Gasteiger partial charge in [0.1, 0.15) is 5.82 Å². The number of halogens is 1. The first-order valence-corrected chi connectivity index (χ1v) is 6.55. The van der Waals surface area contributed by atoms with Crippen molar-refractivity contribution in [3.63, 3.8) is 0 Å². The highest BCUT2D eigenvalue weighted by Crippen LogP contribution is 2.09. The van der Waals surface area contributed by atoms with Crippen LogP contribution in [0.15, 0.2) is 41.5 Å². The van der Waals surface area contributed by atoms with E-state index in [1.54, 1.807) is 24.5 Å². The fourth-order valence-corrected chi connectivity index (χ4v) is 2.30. The van der Waals surface area contributed by atoms with Gasteiger partial charge < -0.3 is 10.2 Å². The summed E-state index contributed by atoms with van der Waals surface area (Å²) in [6.07, 6.45) is 3.20. The van der Waals surface area contributed by atoms with Gasteiger partial charge in [0.15, 0.2) is 5.82 Å². The molecular weight excluding hydrogens is 259 g/mol. The summed E-state index contributed by atoms with van der Waals surface area (Å²) in [6.45, 7) is 3.20. The maximum atomic E-state index is 13.0. The minimum absolute atomic E-state index is 0.180. The monoisotopic (exact) mass is 274 g/mol. The number of hydrogen-bond acceptors (Lipinski definition) is 4. The summed E-state index contributed by atoms with van der Waals surface area (Å²) in [5, 5.41) is 3.24. The van der Waals surface area contributed by atoms with Gasteiger partial charge in [-0.1, -0.05) is 0 Å². The molecule has 1 N–H and O–H groups in total. The summed E-state index contributed by atoms with van der Waals surface area (Å²) in [7, 11) is 0. The molecule has 1 aliphatic heterocycles. The molecule has 1 aliphatic rings. The van der Waals surface area contributed by atoms with Crippen molar-refractivity contribution < 1.29 is 4.39 Å². The third-order valence-corrected chi connectivity index (χ3v) is 3.34. The van der Waals surface area contributed by atoms with Crippen molar-refractivity contribution in [2.24, 2.45) is 0 Å². The van der Waals surface area contributed by atoms with Crippen LogP contribution < -0.4 is 15.8 Å². The molecule has 6 heteroatoms. The molecule has 3 rings (SSSR count). The first-order chi connectivity index (χ1) is 9.75. The molecule has 1 aromatic heterocycles. The van der Waals surface area contributed by atoms with Gasteiger partial charge in [-0.05, 0) is 24.3 Å². The largest absolute Gasteiger partial charge is 0.349 e. The zero-order chi connectivity index (χ0) is 13.9. The van der Waals surface area contributed by atoms with E-state index in [-0.39, 0.29) is 11.4 Å². The molecule has 0 aliphatic carbocycles. The van der Waals surface area contributed by atoms with Crippen LogP contribution in [0, 0.1) is 5.82 Å². The van der Waals surface area contributed by atoms with E-state index in [4.69, 9.17) is 0 Å². The molecule has 2 aromatic rings. The van der Waals surface area contributed by atoms with Crippen LogP contribution in [0.2, 0.25) is 0 Å². The van der Waals surface area contributed by atoms with E-state index in [9.17, 15) is 9.18 Å². The maximum absolute atomic E-state index is 13.0. The Morgan fingerprint density at radius 2 is 1.85 bits per heavy atom. The number of nitrogens with zero attached hydrogens (tertiary/aromatic N) is 3. The predicted octanol–water partition coefficient (Wildman–Crippen LogP) is 0.781. The number of rotatable bonds is 2. The molecule has 1 saturated heterocycles. The zero-order valence-corrected chi connectivity index (χ0v) is 10.9. The van der Waals surface area contributed by atoms with Crippen molar-refractivity contribution in [1.29, 1.82) is 0 Å². The van der Waals surface area contributed by atoms with Crippen molar-refractivity contribution >= 4 is 5.82 Å². The van der Waals surface area contributed by atoms with Crippen LogP contribution in [0.5, 0.6) is 0 Å². The van der Waals surface area contributed by atoms with E-state index in [0.29, 0.717) is 11.5 Å². The summed E-state index contributed by atoms with van der Waals surface area (Å²) >= 11 is 0. The van der Waals surface area contributed by atoms with Gasteiger partial charge in [-0.25, -0.2) is 9.37 Å². The van der Waals surface area contributed by atoms with Gasteiger partial charge >= 0.3 is 0 Å². The van der Waals surface area contributed by atoms with E-state index in [0.717, 1.165) is 26.2 Å². The van der Waals surface area contributed by atoms with Crippen LogP contribution in [0.1, 0.15) is 0 Å². The highest BCUT2D eigenvalue weighted by molar-refractivity contribution is 5.41. The van der Waals surface area contributed by atoms with Crippen molar-refractivity contribution in [3.8, 4) is 5.69 Å². The Morgan fingerprint density at radius 1 is 1.15 bits per heavy atom. The number of anilines is 1. The molecule has 20 heavy (non-hydrogen) atoms. The predicted molar refractivity (Wildman–Crippen MR) is 74.9 cm³/mol. The van der Waals surface area contributed by atoms with Gasteiger partial charge in [0.05, 0.1) is 0 Å². The molecular formula is C14H15FN4O. The Bertz CT molecular complexity index is 647. The molecule has 2 heterocycles. The van der Waals surface area contributed by atoms with Crippen LogP contribution >= 0.6 is 0 Å². The fraction of sp³-hybridized carbons (Fsp3) is 0.286. The minimum Gasteiger partial charge on any atom is -0.349 e. The fourth-order valence-electron chi connectivity index (χ4n) is 2.30. The lowest BCUT2D eigenvalue weighted by Gasteiger charge is -2.27. The molecule has 0 bridgehead atoms. The normalized spacial score (nSPS) is 15.3. The molecule has 1 aromatic carbocycles. The Labute approximate surface area is 115 Å². The highest BCUT2D eigenvalue weighted by Gasteiger charge is 2.16. The third-order valence-electron chi connectivity index (χ3n) is 3.34. The van der Waals surface area contributed by atoms with Gasteiger partial charge in [-0.15, -0.1) is 0 Å². The second kappa shape index (κ2) is 5.42. The zero-order valence-electron chi connectivity index (χ0n) is 10.9. The van der Waals surface area contributed by atoms with Crippen LogP contribution in [-0.4, -0.2) is 35.7 Å². The average molecular weight is 274 g/mol. The van der Waals surface area contributed by atoms with Crippen molar-refractivity contribution in [3.05, 3.63) is 52.8 Å². The van der Waals surface area contributed by atoms with Gasteiger partial charge in [0.2, 0.25) is 0 Å². The maximum Gasteiger partial charge on any atom is 0.298 e. The lowest BCUT2D eigenvalue weighted by atomic mass is 10.3. The number of hydrogen-bond donors (Lipinski definition) is 1. The second-order valence-corrected chi connectivity index (χ2v) is 4.64. The standard InChI is InChI=1S/C14H15FN4O/c15-11-1-3-12(4-2-11)19-10-7-17-13(14(19)20)18-8-5-16-6-9-18/h1-4,7,10,16H,5-6,8-9H2. The lowest BCUT2D eigenvalue weighted by Crippen LogP contribution is -2.46. The van der Waals surface area contributed by atoms with E-state index < -0.39 is 0 Å². The van der Waals surface area contributed by atoms with Gasteiger partial charge in [-0.2, -0.15) is 0 Å². The third kappa shape index (κ3) is 2.42. The first-order valence-electron chi connectivity index (χ1n) is 6.55. The molecule has 5 nitrogen and oxygen atoms in total. The highest BCUT2D eigenvalue weighted by atomic mass is 19.1. The molecule has 0 spiro atoms. The molecule has 0 unspecified atom stereocenters. The summed E-state index contributed by atoms with van der Waals surface area (Å²) in [5.41, 5.74) is 0.455. The van der Waals surface area contributed by atoms with E-state index in [1.807, 2.05) is 4.90 Å². The average Bonchev–Trinajstić information content (AvgIpc) is 2.49. The number of nitrogens with one attached hydrogen (secondary N) is 1. The van der Waals surface area contributed by atoms with Gasteiger partial charge in [-0.3, -0.25) is 9.36 Å².